The van der Waals surface area contributed by atoms with E-state index in [4.69, 9.17) is 11.0 Å². The van der Waals surface area contributed by atoms with Crippen molar-refractivity contribution in [3.05, 3.63) is 5.56 Å². The Hall–Kier alpha value is -1.70. The van der Waals surface area contributed by atoms with Crippen LogP contribution in [0.4, 0.5) is 11.6 Å². The average Bonchev–Trinajstić information content (AvgIpc) is 2.61. The maximum Gasteiger partial charge on any atom is 0.170 e. The molecule has 0 bridgehead atoms. The van der Waals surface area contributed by atoms with Gasteiger partial charge in [-0.3, -0.25) is 5.10 Å². The van der Waals surface area contributed by atoms with E-state index in [1.165, 1.54) is 6.42 Å². The topological polar surface area (TPSA) is 81.7 Å². The van der Waals surface area contributed by atoms with E-state index in [2.05, 4.69) is 21.2 Å². The molecule has 0 amide bonds. The molecule has 5 nitrogen and oxygen atoms in total. The van der Waals surface area contributed by atoms with E-state index in [0.29, 0.717) is 17.2 Å². The lowest BCUT2D eigenvalue weighted by atomic mass is 10.1. The van der Waals surface area contributed by atoms with Crippen molar-refractivity contribution < 1.29 is 0 Å². The quantitative estimate of drug-likeness (QED) is 0.689. The van der Waals surface area contributed by atoms with Gasteiger partial charge in [0.05, 0.1) is 0 Å². The Kier molecular flexibility index (Phi) is 2.27. The molecule has 5 heteroatoms. The predicted octanol–water partition coefficient (Wildman–Crippen LogP) is 0.854. The van der Waals surface area contributed by atoms with Crippen molar-refractivity contribution in [2.75, 3.05) is 23.7 Å². The number of hydrogen-bond acceptors (Lipinski definition) is 4. The number of hydrogen-bond donors (Lipinski definition) is 2. The lowest BCUT2D eigenvalue weighted by molar-refractivity contribution is 0.572. The van der Waals surface area contributed by atoms with Crippen LogP contribution in [0, 0.1) is 11.3 Å². The van der Waals surface area contributed by atoms with E-state index < -0.39 is 0 Å². The Morgan fingerprint density at radius 1 is 1.36 bits per heavy atom. The second-order valence-electron chi connectivity index (χ2n) is 3.50. The van der Waals surface area contributed by atoms with E-state index in [0.717, 1.165) is 25.9 Å². The van der Waals surface area contributed by atoms with Gasteiger partial charge in [0.15, 0.2) is 5.82 Å². The SMILES string of the molecule is N#Cc1c(N2CCCCC2)n[nH]c1N. The number of nitrogens with zero attached hydrogens (tertiary/aromatic N) is 3. The van der Waals surface area contributed by atoms with Crippen LogP contribution >= 0.6 is 0 Å². The molecule has 14 heavy (non-hydrogen) atoms. The van der Waals surface area contributed by atoms with E-state index in [1.54, 1.807) is 0 Å². The zero-order valence-corrected chi connectivity index (χ0v) is 7.95. The number of aromatic nitrogens is 2. The van der Waals surface area contributed by atoms with Crippen LogP contribution in [0.1, 0.15) is 24.8 Å². The van der Waals surface area contributed by atoms with Gasteiger partial charge < -0.3 is 10.6 Å². The van der Waals surface area contributed by atoms with Crippen LogP contribution in [-0.4, -0.2) is 23.3 Å². The molecule has 0 aliphatic carbocycles. The molecule has 3 N–H and O–H groups in total. The Morgan fingerprint density at radius 3 is 2.71 bits per heavy atom. The molecule has 1 fully saturated rings. The highest BCUT2D eigenvalue weighted by atomic mass is 15.3. The maximum atomic E-state index is 8.90. The van der Waals surface area contributed by atoms with Crippen LogP contribution in [0.5, 0.6) is 0 Å². The van der Waals surface area contributed by atoms with Crippen molar-refractivity contribution in [2.24, 2.45) is 0 Å². The maximum absolute atomic E-state index is 8.90. The van der Waals surface area contributed by atoms with E-state index in [-0.39, 0.29) is 0 Å². The highest BCUT2D eigenvalue weighted by Gasteiger charge is 2.18. The molecule has 1 aliphatic heterocycles. The Bertz CT molecular complexity index is 356. The smallest absolute Gasteiger partial charge is 0.170 e. The molecule has 0 radical (unpaired) electrons. The first-order valence-electron chi connectivity index (χ1n) is 4.82. The Balaban J connectivity index is 2.26. The highest BCUT2D eigenvalue weighted by Crippen LogP contribution is 2.24. The molecule has 0 aromatic carbocycles. The van der Waals surface area contributed by atoms with Gasteiger partial charge in [-0.15, -0.1) is 0 Å². The second kappa shape index (κ2) is 3.58. The fourth-order valence-corrected chi connectivity index (χ4v) is 1.79. The molecule has 0 unspecified atom stereocenters. The molecule has 1 aromatic heterocycles. The van der Waals surface area contributed by atoms with Gasteiger partial charge in [-0.25, -0.2) is 0 Å². The van der Waals surface area contributed by atoms with Crippen LogP contribution in [0.3, 0.4) is 0 Å². The summed E-state index contributed by atoms with van der Waals surface area (Å²) in [6.45, 7) is 1.94. The van der Waals surface area contributed by atoms with Gasteiger partial charge in [-0.1, -0.05) is 0 Å². The molecular weight excluding hydrogens is 178 g/mol. The summed E-state index contributed by atoms with van der Waals surface area (Å²) in [6, 6.07) is 2.08. The minimum Gasteiger partial charge on any atom is -0.383 e. The van der Waals surface area contributed by atoms with Crippen LogP contribution < -0.4 is 10.6 Å². The summed E-state index contributed by atoms with van der Waals surface area (Å²) in [6.07, 6.45) is 3.59. The fraction of sp³-hybridized carbons (Fsp3) is 0.556. The number of nitrogen functional groups attached to an aromatic ring is 1. The third-order valence-corrected chi connectivity index (χ3v) is 2.54. The fourth-order valence-electron chi connectivity index (χ4n) is 1.79. The summed E-state index contributed by atoms with van der Waals surface area (Å²) >= 11 is 0. The molecule has 0 atom stereocenters. The van der Waals surface area contributed by atoms with Gasteiger partial charge in [0.1, 0.15) is 17.5 Å². The number of aromatic amines is 1. The molecule has 0 saturated carbocycles. The van der Waals surface area contributed by atoms with Crippen molar-refractivity contribution in [3.8, 4) is 6.07 Å². The molecular formula is C9H13N5. The van der Waals surface area contributed by atoms with Crippen molar-refractivity contribution in [2.45, 2.75) is 19.3 Å². The molecule has 1 aliphatic rings. The third kappa shape index (κ3) is 1.39. The number of nitrogens with one attached hydrogen (secondary N) is 1. The third-order valence-electron chi connectivity index (χ3n) is 2.54. The van der Waals surface area contributed by atoms with Gasteiger partial charge in [-0.2, -0.15) is 10.4 Å². The standard InChI is InChI=1S/C9H13N5/c10-6-7-8(11)12-13-9(7)14-4-2-1-3-5-14/h1-5H2,(H3,11,12,13). The number of anilines is 2. The first kappa shape index (κ1) is 8.88. The van der Waals surface area contributed by atoms with Crippen molar-refractivity contribution >= 4 is 11.6 Å². The summed E-state index contributed by atoms with van der Waals surface area (Å²) < 4.78 is 0. The van der Waals surface area contributed by atoms with Gasteiger partial charge >= 0.3 is 0 Å². The van der Waals surface area contributed by atoms with E-state index >= 15 is 0 Å². The summed E-state index contributed by atoms with van der Waals surface area (Å²) in [4.78, 5) is 2.12. The summed E-state index contributed by atoms with van der Waals surface area (Å²) in [5, 5.41) is 15.6. The molecule has 1 saturated heterocycles. The highest BCUT2D eigenvalue weighted by molar-refractivity contribution is 5.64. The van der Waals surface area contributed by atoms with Gasteiger partial charge in [-0.05, 0) is 19.3 Å². The van der Waals surface area contributed by atoms with Gasteiger partial charge in [0.25, 0.3) is 0 Å². The molecule has 0 spiro atoms. The zero-order valence-electron chi connectivity index (χ0n) is 7.95. The predicted molar refractivity (Wildman–Crippen MR) is 53.8 cm³/mol. The molecule has 2 heterocycles. The number of nitrogens with two attached hydrogens (primary N) is 1. The lowest BCUT2D eigenvalue weighted by Gasteiger charge is -2.26. The number of rotatable bonds is 1. The molecule has 74 valence electrons. The minimum absolute atomic E-state index is 0.369. The number of H-pyrrole nitrogens is 1. The van der Waals surface area contributed by atoms with Gasteiger partial charge in [0.2, 0.25) is 0 Å². The monoisotopic (exact) mass is 191 g/mol. The second-order valence-corrected chi connectivity index (χ2v) is 3.50. The van der Waals surface area contributed by atoms with Crippen LogP contribution in [0.25, 0.3) is 0 Å². The number of piperidine rings is 1. The Labute approximate surface area is 82.5 Å². The summed E-state index contributed by atoms with van der Waals surface area (Å²) in [5.74, 6) is 1.08. The molecule has 1 aromatic rings. The first-order chi connectivity index (χ1) is 6.83. The van der Waals surface area contributed by atoms with Gasteiger partial charge in [0, 0.05) is 13.1 Å². The normalized spacial score (nSPS) is 16.6. The molecule has 2 rings (SSSR count). The average molecular weight is 191 g/mol. The van der Waals surface area contributed by atoms with Crippen LogP contribution in [-0.2, 0) is 0 Å². The summed E-state index contributed by atoms with van der Waals surface area (Å²) in [7, 11) is 0. The van der Waals surface area contributed by atoms with Crippen LogP contribution in [0.15, 0.2) is 0 Å². The van der Waals surface area contributed by atoms with Crippen molar-refractivity contribution in [1.82, 2.24) is 10.2 Å². The zero-order chi connectivity index (χ0) is 9.97. The lowest BCUT2D eigenvalue weighted by Crippen LogP contribution is -2.30. The number of nitriles is 1. The first-order valence-corrected chi connectivity index (χ1v) is 4.82. The largest absolute Gasteiger partial charge is 0.383 e. The van der Waals surface area contributed by atoms with Crippen molar-refractivity contribution in [3.63, 3.8) is 0 Å². The van der Waals surface area contributed by atoms with E-state index in [9.17, 15) is 0 Å². The minimum atomic E-state index is 0.369. The van der Waals surface area contributed by atoms with Crippen molar-refractivity contribution in [1.29, 1.82) is 5.26 Å². The Morgan fingerprint density at radius 2 is 2.07 bits per heavy atom. The van der Waals surface area contributed by atoms with Crippen LogP contribution in [0.2, 0.25) is 0 Å². The summed E-state index contributed by atoms with van der Waals surface area (Å²) in [5.41, 5.74) is 6.07. The van der Waals surface area contributed by atoms with E-state index in [1.807, 2.05) is 0 Å².